The van der Waals surface area contributed by atoms with Crippen molar-refractivity contribution in [3.8, 4) is 11.4 Å². The van der Waals surface area contributed by atoms with E-state index in [0.717, 1.165) is 12.1 Å². The van der Waals surface area contributed by atoms with Crippen molar-refractivity contribution in [1.29, 1.82) is 0 Å². The van der Waals surface area contributed by atoms with Gasteiger partial charge in [-0.15, -0.1) is 0 Å². The van der Waals surface area contributed by atoms with Crippen molar-refractivity contribution in [2.75, 3.05) is 10.6 Å². The molecule has 3 aromatic rings. The van der Waals surface area contributed by atoms with E-state index in [9.17, 15) is 22.8 Å². The van der Waals surface area contributed by atoms with Crippen LogP contribution in [-0.2, 0) is 22.2 Å². The van der Waals surface area contributed by atoms with E-state index in [1.54, 1.807) is 24.3 Å². The van der Waals surface area contributed by atoms with Gasteiger partial charge in [-0.2, -0.15) is 18.2 Å². The molecule has 0 fully saturated rings. The fraction of sp³-hybridized carbons (Fsp3) is 0.200. The Hall–Kier alpha value is -3.40. The smallest absolute Gasteiger partial charge is 0.339 e. The first-order valence-electron chi connectivity index (χ1n) is 8.99. The summed E-state index contributed by atoms with van der Waals surface area (Å²) >= 11 is 5.83. The molecule has 0 bridgehead atoms. The maximum Gasteiger partial charge on any atom is 0.418 e. The number of aryl methyl sites for hydroxylation is 1. The Balaban J connectivity index is 1.66. The zero-order valence-corrected chi connectivity index (χ0v) is 16.8. The van der Waals surface area contributed by atoms with E-state index in [0.29, 0.717) is 16.4 Å². The Labute approximate surface area is 179 Å². The molecule has 0 atom stereocenters. The molecular formula is C20H16ClF3N4O3. The first-order chi connectivity index (χ1) is 14.6. The zero-order valence-electron chi connectivity index (χ0n) is 16.1. The number of hydrogen-bond donors (Lipinski definition) is 2. The van der Waals surface area contributed by atoms with E-state index in [1.807, 2.05) is 0 Å². The van der Waals surface area contributed by atoms with Crippen LogP contribution >= 0.6 is 11.6 Å². The summed E-state index contributed by atoms with van der Waals surface area (Å²) in [6.07, 6.45) is -4.86. The second-order valence-electron chi connectivity index (χ2n) is 6.51. The molecule has 3 rings (SSSR count). The summed E-state index contributed by atoms with van der Waals surface area (Å²) in [5.74, 6) is -0.705. The molecule has 2 N–H and O–H groups in total. The minimum absolute atomic E-state index is 0.0292. The summed E-state index contributed by atoms with van der Waals surface area (Å²) in [5.41, 5.74) is -0.856. The number of anilines is 2. The maximum absolute atomic E-state index is 13.4. The van der Waals surface area contributed by atoms with Crippen molar-refractivity contribution < 1.29 is 27.3 Å². The van der Waals surface area contributed by atoms with Gasteiger partial charge < -0.3 is 15.2 Å². The first kappa shape index (κ1) is 22.3. The van der Waals surface area contributed by atoms with Crippen molar-refractivity contribution in [1.82, 2.24) is 10.1 Å². The third-order valence-electron chi connectivity index (χ3n) is 4.06. The molecule has 2 amide bonds. The monoisotopic (exact) mass is 452 g/mol. The van der Waals surface area contributed by atoms with E-state index in [1.165, 1.54) is 13.0 Å². The molecule has 2 aromatic carbocycles. The fourth-order valence-electron chi connectivity index (χ4n) is 2.67. The molecule has 162 valence electrons. The molecule has 0 unspecified atom stereocenters. The summed E-state index contributed by atoms with van der Waals surface area (Å²) in [5, 5.41) is 8.88. The molecule has 11 heteroatoms. The predicted octanol–water partition coefficient (Wildman–Crippen LogP) is 4.94. The quantitative estimate of drug-likeness (QED) is 0.552. The van der Waals surface area contributed by atoms with Crippen LogP contribution in [0.2, 0.25) is 5.02 Å². The second-order valence-corrected chi connectivity index (χ2v) is 6.94. The van der Waals surface area contributed by atoms with Crippen LogP contribution in [0.25, 0.3) is 11.4 Å². The standard InChI is InChI=1S/C20H16ClF3N4O3/c1-11(29)25-14-6-7-16(15(10-14)20(22,23)24)26-17(30)8-9-18-27-19(28-31-18)12-2-4-13(21)5-3-12/h2-7,10H,8-9H2,1H3,(H,25,29)(H,26,30). The Kier molecular flexibility index (Phi) is 6.59. The van der Waals surface area contributed by atoms with E-state index < -0.39 is 29.2 Å². The normalized spacial score (nSPS) is 11.3. The maximum atomic E-state index is 13.4. The minimum Gasteiger partial charge on any atom is -0.339 e. The lowest BCUT2D eigenvalue weighted by Gasteiger charge is -2.15. The van der Waals surface area contributed by atoms with Gasteiger partial charge in [0, 0.05) is 36.0 Å². The summed E-state index contributed by atoms with van der Waals surface area (Å²) in [7, 11) is 0. The number of benzene rings is 2. The molecule has 0 saturated heterocycles. The van der Waals surface area contributed by atoms with Gasteiger partial charge >= 0.3 is 6.18 Å². The average Bonchev–Trinajstić information content (AvgIpc) is 3.16. The van der Waals surface area contributed by atoms with Crippen molar-refractivity contribution in [3.05, 3.63) is 58.9 Å². The van der Waals surface area contributed by atoms with Crippen molar-refractivity contribution in [2.45, 2.75) is 25.9 Å². The Bertz CT molecular complexity index is 1100. The number of nitrogens with one attached hydrogen (secondary N) is 2. The fourth-order valence-corrected chi connectivity index (χ4v) is 2.80. The molecule has 7 nitrogen and oxygen atoms in total. The minimum atomic E-state index is -4.73. The van der Waals surface area contributed by atoms with Gasteiger partial charge in [0.15, 0.2) is 0 Å². The van der Waals surface area contributed by atoms with Gasteiger partial charge in [-0.1, -0.05) is 16.8 Å². The summed E-state index contributed by atoms with van der Waals surface area (Å²) < 4.78 is 45.1. The number of carbonyl (C=O) groups excluding carboxylic acids is 2. The van der Waals surface area contributed by atoms with Crippen LogP contribution in [0.4, 0.5) is 24.5 Å². The number of halogens is 4. The highest BCUT2D eigenvalue weighted by molar-refractivity contribution is 6.30. The van der Waals surface area contributed by atoms with Crippen LogP contribution in [0.5, 0.6) is 0 Å². The van der Waals surface area contributed by atoms with Gasteiger partial charge in [0.2, 0.25) is 23.5 Å². The first-order valence-corrected chi connectivity index (χ1v) is 9.37. The molecule has 0 aliphatic rings. The van der Waals surface area contributed by atoms with Crippen LogP contribution in [-0.4, -0.2) is 22.0 Å². The van der Waals surface area contributed by atoms with Gasteiger partial charge in [-0.3, -0.25) is 9.59 Å². The second kappa shape index (κ2) is 9.17. The molecule has 0 aliphatic carbocycles. The molecule has 1 heterocycles. The topological polar surface area (TPSA) is 97.1 Å². The van der Waals surface area contributed by atoms with Crippen molar-refractivity contribution in [3.63, 3.8) is 0 Å². The lowest BCUT2D eigenvalue weighted by atomic mass is 10.1. The highest BCUT2D eigenvalue weighted by atomic mass is 35.5. The Morgan fingerprint density at radius 2 is 1.81 bits per heavy atom. The van der Waals surface area contributed by atoms with Crippen molar-refractivity contribution >= 4 is 34.8 Å². The number of amides is 2. The SMILES string of the molecule is CC(=O)Nc1ccc(NC(=O)CCc2nc(-c3ccc(Cl)cc3)no2)c(C(F)(F)F)c1. The largest absolute Gasteiger partial charge is 0.418 e. The highest BCUT2D eigenvalue weighted by Crippen LogP contribution is 2.36. The highest BCUT2D eigenvalue weighted by Gasteiger charge is 2.34. The number of rotatable bonds is 6. The Morgan fingerprint density at radius 1 is 1.10 bits per heavy atom. The average molecular weight is 453 g/mol. The van der Waals surface area contributed by atoms with Crippen LogP contribution < -0.4 is 10.6 Å². The number of nitrogens with zero attached hydrogens (tertiary/aromatic N) is 2. The van der Waals surface area contributed by atoms with Gasteiger partial charge in [0.1, 0.15) is 0 Å². The molecule has 0 spiro atoms. The van der Waals surface area contributed by atoms with E-state index in [2.05, 4.69) is 20.8 Å². The molecule has 31 heavy (non-hydrogen) atoms. The van der Waals surface area contributed by atoms with Gasteiger partial charge in [0.25, 0.3) is 0 Å². The lowest BCUT2D eigenvalue weighted by molar-refractivity contribution is -0.137. The van der Waals surface area contributed by atoms with Crippen molar-refractivity contribution in [2.24, 2.45) is 0 Å². The zero-order chi connectivity index (χ0) is 22.6. The predicted molar refractivity (Wildman–Crippen MR) is 107 cm³/mol. The number of carbonyl (C=O) groups is 2. The summed E-state index contributed by atoms with van der Waals surface area (Å²) in [4.78, 5) is 27.4. The molecule has 0 radical (unpaired) electrons. The van der Waals surface area contributed by atoms with Crippen LogP contribution in [0, 0.1) is 0 Å². The number of hydrogen-bond acceptors (Lipinski definition) is 5. The molecular weight excluding hydrogens is 437 g/mol. The van der Waals surface area contributed by atoms with E-state index >= 15 is 0 Å². The molecule has 1 aromatic heterocycles. The lowest BCUT2D eigenvalue weighted by Crippen LogP contribution is -2.17. The number of alkyl halides is 3. The third kappa shape index (κ3) is 6.05. The third-order valence-corrected chi connectivity index (χ3v) is 4.31. The van der Waals surface area contributed by atoms with Gasteiger partial charge in [-0.05, 0) is 42.5 Å². The summed E-state index contributed by atoms with van der Waals surface area (Å²) in [6, 6.07) is 9.83. The van der Waals surface area contributed by atoms with E-state index in [4.69, 9.17) is 16.1 Å². The van der Waals surface area contributed by atoms with Gasteiger partial charge in [0.05, 0.1) is 11.3 Å². The Morgan fingerprint density at radius 3 is 2.45 bits per heavy atom. The van der Waals surface area contributed by atoms with Crippen LogP contribution in [0.1, 0.15) is 24.8 Å². The molecule has 0 aliphatic heterocycles. The number of aromatic nitrogens is 2. The van der Waals surface area contributed by atoms with Gasteiger partial charge in [-0.25, -0.2) is 0 Å². The van der Waals surface area contributed by atoms with E-state index in [-0.39, 0.29) is 24.4 Å². The van der Waals surface area contributed by atoms with Crippen LogP contribution in [0.15, 0.2) is 47.0 Å². The van der Waals surface area contributed by atoms with Crippen LogP contribution in [0.3, 0.4) is 0 Å². The molecule has 0 saturated carbocycles. The summed E-state index contributed by atoms with van der Waals surface area (Å²) in [6.45, 7) is 1.18.